The van der Waals surface area contributed by atoms with E-state index in [0.717, 1.165) is 6.61 Å². The predicted octanol–water partition coefficient (Wildman–Crippen LogP) is 2.59. The van der Waals surface area contributed by atoms with Gasteiger partial charge in [0.15, 0.2) is 12.4 Å². The second-order valence-electron chi connectivity index (χ2n) is 4.56. The third kappa shape index (κ3) is 5.68. The first-order chi connectivity index (χ1) is 8.24. The number of pyridine rings is 1. The Labute approximate surface area is 105 Å². The van der Waals surface area contributed by atoms with Gasteiger partial charge in [-0.05, 0) is 6.42 Å². The highest BCUT2D eigenvalue weighted by Gasteiger charge is 2.01. The normalized spacial score (nSPS) is 10.5. The molecular formula is C14H25N2O+. The number of nitrogens with zero attached hydrogens (tertiary/aromatic N) is 2. The maximum absolute atomic E-state index is 5.62. The molecule has 0 aromatic carbocycles. The quantitative estimate of drug-likeness (QED) is 0.510. The van der Waals surface area contributed by atoms with Gasteiger partial charge in [-0.15, -0.1) is 0 Å². The van der Waals surface area contributed by atoms with E-state index in [1.54, 1.807) is 0 Å². The van der Waals surface area contributed by atoms with E-state index in [2.05, 4.69) is 40.9 Å². The number of hydrogen-bond donors (Lipinski definition) is 0. The minimum atomic E-state index is 0.653. The van der Waals surface area contributed by atoms with E-state index in [1.165, 1.54) is 31.4 Å². The van der Waals surface area contributed by atoms with Crippen LogP contribution in [0.4, 0.5) is 5.69 Å². The van der Waals surface area contributed by atoms with E-state index in [1.807, 2.05) is 14.1 Å². The van der Waals surface area contributed by atoms with E-state index >= 15 is 0 Å². The highest BCUT2D eigenvalue weighted by Crippen LogP contribution is 2.05. The summed E-state index contributed by atoms with van der Waals surface area (Å²) in [6.45, 7) is 3.74. The topological polar surface area (TPSA) is 16.4 Å². The number of aromatic nitrogens is 1. The fourth-order valence-corrected chi connectivity index (χ4v) is 1.63. The number of ether oxygens (including phenoxy) is 1. The Balaban J connectivity index is 2.19. The minimum Gasteiger partial charge on any atom is -0.377 e. The van der Waals surface area contributed by atoms with Gasteiger partial charge in [0.1, 0.15) is 0 Å². The molecule has 1 rings (SSSR count). The van der Waals surface area contributed by atoms with Crippen molar-refractivity contribution in [3.63, 3.8) is 0 Å². The standard InChI is InChI=1S/C14H25N2O/c1-4-5-6-7-12-17-13-16-10-8-14(9-11-16)15(2)3/h8-11H,4-7,12-13H2,1-3H3/q+1. The van der Waals surface area contributed by atoms with Gasteiger partial charge in [-0.2, -0.15) is 4.57 Å². The lowest BCUT2D eigenvalue weighted by atomic mass is 10.2. The largest absolute Gasteiger partial charge is 0.377 e. The Kier molecular flexibility index (Phi) is 6.63. The molecule has 1 heterocycles. The van der Waals surface area contributed by atoms with Gasteiger partial charge in [-0.25, -0.2) is 0 Å². The molecule has 0 N–H and O–H groups in total. The fraction of sp³-hybridized carbons (Fsp3) is 0.643. The molecular weight excluding hydrogens is 212 g/mol. The molecule has 3 nitrogen and oxygen atoms in total. The molecule has 1 aromatic heterocycles. The lowest BCUT2D eigenvalue weighted by molar-refractivity contribution is -0.732. The molecule has 0 aliphatic rings. The lowest BCUT2D eigenvalue weighted by Crippen LogP contribution is -2.34. The third-order valence-electron chi connectivity index (χ3n) is 2.77. The molecule has 96 valence electrons. The molecule has 0 radical (unpaired) electrons. The molecule has 0 fully saturated rings. The number of anilines is 1. The van der Waals surface area contributed by atoms with E-state index in [9.17, 15) is 0 Å². The highest BCUT2D eigenvalue weighted by molar-refractivity contribution is 5.41. The summed E-state index contributed by atoms with van der Waals surface area (Å²) in [5, 5.41) is 0. The molecule has 0 unspecified atom stereocenters. The van der Waals surface area contributed by atoms with Crippen molar-refractivity contribution in [3.05, 3.63) is 24.5 Å². The zero-order valence-electron chi connectivity index (χ0n) is 11.4. The van der Waals surface area contributed by atoms with Gasteiger partial charge in [0.25, 0.3) is 6.73 Å². The van der Waals surface area contributed by atoms with Crippen LogP contribution < -0.4 is 9.47 Å². The van der Waals surface area contributed by atoms with E-state index in [0.29, 0.717) is 6.73 Å². The van der Waals surface area contributed by atoms with Crippen LogP contribution in [0.3, 0.4) is 0 Å². The van der Waals surface area contributed by atoms with Crippen molar-refractivity contribution >= 4 is 5.69 Å². The summed E-state index contributed by atoms with van der Waals surface area (Å²) in [4.78, 5) is 2.09. The van der Waals surface area contributed by atoms with Gasteiger partial charge in [0, 0.05) is 31.9 Å². The highest BCUT2D eigenvalue weighted by atomic mass is 16.5. The summed E-state index contributed by atoms with van der Waals surface area (Å²) >= 11 is 0. The monoisotopic (exact) mass is 237 g/mol. The second-order valence-corrected chi connectivity index (χ2v) is 4.56. The minimum absolute atomic E-state index is 0.653. The van der Waals surface area contributed by atoms with Crippen LogP contribution in [-0.4, -0.2) is 20.7 Å². The Morgan fingerprint density at radius 2 is 1.82 bits per heavy atom. The molecule has 1 aromatic rings. The molecule has 0 aliphatic heterocycles. The summed E-state index contributed by atoms with van der Waals surface area (Å²) in [5.74, 6) is 0. The Hall–Kier alpha value is -1.09. The lowest BCUT2D eigenvalue weighted by Gasteiger charge is -2.10. The van der Waals surface area contributed by atoms with Gasteiger partial charge in [0.2, 0.25) is 0 Å². The van der Waals surface area contributed by atoms with Crippen LogP contribution in [0.5, 0.6) is 0 Å². The Morgan fingerprint density at radius 1 is 1.12 bits per heavy atom. The average Bonchev–Trinajstić information content (AvgIpc) is 2.34. The fourth-order valence-electron chi connectivity index (χ4n) is 1.63. The smallest absolute Gasteiger partial charge is 0.252 e. The van der Waals surface area contributed by atoms with Crippen molar-refractivity contribution < 1.29 is 9.30 Å². The van der Waals surface area contributed by atoms with Gasteiger partial charge < -0.3 is 9.64 Å². The molecule has 0 bridgehead atoms. The SMILES string of the molecule is CCCCCCOC[n+]1ccc(N(C)C)cc1. The molecule has 0 saturated carbocycles. The van der Waals surface area contributed by atoms with Gasteiger partial charge in [-0.3, -0.25) is 0 Å². The van der Waals surface area contributed by atoms with Gasteiger partial charge >= 0.3 is 0 Å². The number of rotatable bonds is 8. The van der Waals surface area contributed by atoms with Crippen LogP contribution in [-0.2, 0) is 11.5 Å². The summed E-state index contributed by atoms with van der Waals surface area (Å²) in [6, 6.07) is 4.20. The summed E-state index contributed by atoms with van der Waals surface area (Å²) in [6.07, 6.45) is 9.16. The first kappa shape index (κ1) is 14.0. The van der Waals surface area contributed by atoms with E-state index in [4.69, 9.17) is 4.74 Å². The molecule has 17 heavy (non-hydrogen) atoms. The molecule has 0 aliphatic carbocycles. The van der Waals surface area contributed by atoms with E-state index in [-0.39, 0.29) is 0 Å². The van der Waals surface area contributed by atoms with Crippen LogP contribution in [0.15, 0.2) is 24.5 Å². The van der Waals surface area contributed by atoms with Crippen molar-refractivity contribution in [1.82, 2.24) is 0 Å². The van der Waals surface area contributed by atoms with Crippen molar-refractivity contribution in [2.24, 2.45) is 0 Å². The number of hydrogen-bond acceptors (Lipinski definition) is 2. The van der Waals surface area contributed by atoms with Crippen LogP contribution in [0, 0.1) is 0 Å². The van der Waals surface area contributed by atoms with Gasteiger partial charge in [0.05, 0.1) is 6.61 Å². The van der Waals surface area contributed by atoms with Crippen molar-refractivity contribution in [2.75, 3.05) is 25.6 Å². The summed E-state index contributed by atoms with van der Waals surface area (Å²) in [5.41, 5.74) is 1.21. The van der Waals surface area contributed by atoms with Crippen molar-refractivity contribution in [3.8, 4) is 0 Å². The maximum Gasteiger partial charge on any atom is 0.252 e. The van der Waals surface area contributed by atoms with Crippen molar-refractivity contribution in [1.29, 1.82) is 0 Å². The number of unbranched alkanes of at least 4 members (excludes halogenated alkanes) is 3. The maximum atomic E-state index is 5.62. The molecule has 0 atom stereocenters. The first-order valence-corrected chi connectivity index (χ1v) is 6.48. The van der Waals surface area contributed by atoms with Gasteiger partial charge in [-0.1, -0.05) is 26.2 Å². The zero-order valence-corrected chi connectivity index (χ0v) is 11.4. The Morgan fingerprint density at radius 3 is 2.41 bits per heavy atom. The van der Waals surface area contributed by atoms with Crippen molar-refractivity contribution in [2.45, 2.75) is 39.3 Å². The molecule has 3 heteroatoms. The zero-order chi connectivity index (χ0) is 12.5. The molecule has 0 saturated heterocycles. The second kappa shape index (κ2) is 8.07. The average molecular weight is 237 g/mol. The third-order valence-corrected chi connectivity index (χ3v) is 2.77. The van der Waals surface area contributed by atoms with Crippen LogP contribution in [0.2, 0.25) is 0 Å². The van der Waals surface area contributed by atoms with Crippen LogP contribution >= 0.6 is 0 Å². The van der Waals surface area contributed by atoms with E-state index < -0.39 is 0 Å². The molecule has 0 amide bonds. The predicted molar refractivity (Wildman–Crippen MR) is 71.1 cm³/mol. The first-order valence-electron chi connectivity index (χ1n) is 6.48. The van der Waals surface area contributed by atoms with Crippen LogP contribution in [0.1, 0.15) is 32.6 Å². The Bertz CT molecular complexity index is 296. The summed E-state index contributed by atoms with van der Waals surface area (Å²) < 4.78 is 7.68. The summed E-state index contributed by atoms with van der Waals surface area (Å²) in [7, 11) is 4.09. The van der Waals surface area contributed by atoms with Crippen LogP contribution in [0.25, 0.3) is 0 Å². The molecule has 0 spiro atoms.